The third-order valence-electron chi connectivity index (χ3n) is 5.10. The number of hydrogen-bond acceptors (Lipinski definition) is 3. The lowest BCUT2D eigenvalue weighted by molar-refractivity contribution is -0.148. The van der Waals surface area contributed by atoms with Gasteiger partial charge in [0.15, 0.2) is 0 Å². The van der Waals surface area contributed by atoms with Crippen LogP contribution in [0.15, 0.2) is 30.3 Å². The number of rotatable bonds is 5. The predicted octanol–water partition coefficient (Wildman–Crippen LogP) is 1.29. The van der Waals surface area contributed by atoms with Crippen molar-refractivity contribution >= 4 is 11.8 Å². The number of fused-ring (bicyclic) bond motifs is 1. The molecule has 5 heteroatoms. The number of carbonyl (C=O) groups is 2. The molecule has 1 aromatic rings. The number of hydrogen-bond donors (Lipinski definition) is 2. The smallest absolute Gasteiger partial charge is 0.246 e. The number of amides is 2. The molecule has 0 spiro atoms. The van der Waals surface area contributed by atoms with E-state index in [4.69, 9.17) is 0 Å². The second-order valence-corrected chi connectivity index (χ2v) is 6.68. The van der Waals surface area contributed by atoms with E-state index in [1.165, 1.54) is 5.56 Å². The zero-order valence-electron chi connectivity index (χ0n) is 13.8. The summed E-state index contributed by atoms with van der Waals surface area (Å²) in [5.74, 6) is 0.246. The molecule has 2 saturated heterocycles. The molecule has 2 aliphatic heterocycles. The summed E-state index contributed by atoms with van der Waals surface area (Å²) in [4.78, 5) is 26.8. The van der Waals surface area contributed by atoms with Gasteiger partial charge in [0.2, 0.25) is 11.8 Å². The highest BCUT2D eigenvalue weighted by atomic mass is 16.2. The molecule has 2 amide bonds. The minimum absolute atomic E-state index is 0.00101. The lowest BCUT2D eigenvalue weighted by Crippen LogP contribution is -2.62. The molecule has 2 heterocycles. The zero-order chi connectivity index (χ0) is 16.4. The van der Waals surface area contributed by atoms with E-state index in [1.807, 2.05) is 32.0 Å². The van der Waals surface area contributed by atoms with Gasteiger partial charge in [-0.1, -0.05) is 50.6 Å². The summed E-state index contributed by atoms with van der Waals surface area (Å²) in [6, 6.07) is 9.68. The number of carbonyl (C=O) groups excluding carboxylic acids is 2. The summed E-state index contributed by atoms with van der Waals surface area (Å²) in [5, 5.41) is 6.40. The van der Waals surface area contributed by atoms with Gasteiger partial charge in [0.25, 0.3) is 0 Å². The van der Waals surface area contributed by atoms with Gasteiger partial charge in [-0.3, -0.25) is 9.59 Å². The van der Waals surface area contributed by atoms with Crippen LogP contribution < -0.4 is 10.6 Å². The van der Waals surface area contributed by atoms with E-state index in [2.05, 4.69) is 22.8 Å². The van der Waals surface area contributed by atoms with Crippen molar-refractivity contribution in [3.8, 4) is 0 Å². The second kappa shape index (κ2) is 6.71. The van der Waals surface area contributed by atoms with E-state index in [1.54, 1.807) is 4.90 Å². The van der Waals surface area contributed by atoms with Crippen LogP contribution in [0.2, 0.25) is 0 Å². The van der Waals surface area contributed by atoms with Crippen LogP contribution in [0.5, 0.6) is 0 Å². The fourth-order valence-electron chi connectivity index (χ4n) is 3.45. The molecule has 1 aromatic carbocycles. The summed E-state index contributed by atoms with van der Waals surface area (Å²) in [6.45, 7) is 5.45. The Balaban J connectivity index is 1.63. The maximum absolute atomic E-state index is 12.7. The van der Waals surface area contributed by atoms with E-state index >= 15 is 0 Å². The lowest BCUT2D eigenvalue weighted by Gasteiger charge is -2.36. The molecule has 4 atom stereocenters. The SMILES string of the molecule is CC[C@H](C)[C@@H]1NC(=O)[C@@H]2C[C@H](NCc3ccccc3)CN2C1=O. The first-order valence-electron chi connectivity index (χ1n) is 8.48. The van der Waals surface area contributed by atoms with Crippen molar-refractivity contribution in [1.29, 1.82) is 0 Å². The third kappa shape index (κ3) is 3.24. The highest BCUT2D eigenvalue weighted by molar-refractivity contribution is 5.97. The molecule has 0 radical (unpaired) electrons. The average molecular weight is 315 g/mol. The summed E-state index contributed by atoms with van der Waals surface area (Å²) < 4.78 is 0. The van der Waals surface area contributed by atoms with Crippen LogP contribution in [0.25, 0.3) is 0 Å². The number of piperazine rings is 1. The van der Waals surface area contributed by atoms with Crippen molar-refractivity contribution in [2.75, 3.05) is 6.54 Å². The van der Waals surface area contributed by atoms with Crippen LogP contribution in [0.1, 0.15) is 32.3 Å². The average Bonchev–Trinajstić information content (AvgIpc) is 3.02. The van der Waals surface area contributed by atoms with Crippen LogP contribution in [-0.4, -0.2) is 41.4 Å². The first kappa shape index (κ1) is 16.0. The topological polar surface area (TPSA) is 61.4 Å². The summed E-state index contributed by atoms with van der Waals surface area (Å²) in [7, 11) is 0. The van der Waals surface area contributed by atoms with Crippen LogP contribution in [0.3, 0.4) is 0 Å². The van der Waals surface area contributed by atoms with Gasteiger partial charge >= 0.3 is 0 Å². The van der Waals surface area contributed by atoms with Crippen molar-refractivity contribution in [3.05, 3.63) is 35.9 Å². The van der Waals surface area contributed by atoms with Crippen molar-refractivity contribution in [3.63, 3.8) is 0 Å². The summed E-state index contributed by atoms with van der Waals surface area (Å²) in [5.41, 5.74) is 1.21. The largest absolute Gasteiger partial charge is 0.342 e. The molecule has 0 bridgehead atoms. The molecular weight excluding hydrogens is 290 g/mol. The highest BCUT2D eigenvalue weighted by Gasteiger charge is 2.47. The molecule has 2 fully saturated rings. The fourth-order valence-corrected chi connectivity index (χ4v) is 3.45. The molecule has 0 saturated carbocycles. The van der Waals surface area contributed by atoms with Crippen LogP contribution in [0, 0.1) is 5.92 Å². The second-order valence-electron chi connectivity index (χ2n) is 6.68. The van der Waals surface area contributed by atoms with Crippen molar-refractivity contribution in [2.45, 2.75) is 51.4 Å². The first-order chi connectivity index (χ1) is 11.1. The molecule has 0 aliphatic carbocycles. The Bertz CT molecular complexity index is 575. The van der Waals surface area contributed by atoms with Gasteiger partial charge < -0.3 is 15.5 Å². The van der Waals surface area contributed by atoms with Crippen molar-refractivity contribution < 1.29 is 9.59 Å². The minimum atomic E-state index is -0.364. The Morgan fingerprint density at radius 3 is 2.74 bits per heavy atom. The quantitative estimate of drug-likeness (QED) is 0.861. The fraction of sp³-hybridized carbons (Fsp3) is 0.556. The van der Waals surface area contributed by atoms with Crippen LogP contribution >= 0.6 is 0 Å². The van der Waals surface area contributed by atoms with E-state index in [0.29, 0.717) is 13.0 Å². The highest BCUT2D eigenvalue weighted by Crippen LogP contribution is 2.25. The monoisotopic (exact) mass is 315 g/mol. The Kier molecular flexibility index (Phi) is 4.66. The maximum Gasteiger partial charge on any atom is 0.246 e. The van der Waals surface area contributed by atoms with Gasteiger partial charge in [-0.05, 0) is 17.9 Å². The zero-order valence-corrected chi connectivity index (χ0v) is 13.8. The van der Waals surface area contributed by atoms with Gasteiger partial charge in [0, 0.05) is 19.1 Å². The van der Waals surface area contributed by atoms with Gasteiger partial charge in [-0.2, -0.15) is 0 Å². The molecule has 2 aliphatic rings. The van der Waals surface area contributed by atoms with E-state index < -0.39 is 0 Å². The van der Waals surface area contributed by atoms with Gasteiger partial charge in [0.1, 0.15) is 12.1 Å². The normalized spacial score (nSPS) is 28.4. The van der Waals surface area contributed by atoms with E-state index in [0.717, 1.165) is 13.0 Å². The van der Waals surface area contributed by atoms with Crippen molar-refractivity contribution in [2.24, 2.45) is 5.92 Å². The van der Waals surface area contributed by atoms with Crippen molar-refractivity contribution in [1.82, 2.24) is 15.5 Å². The third-order valence-corrected chi connectivity index (χ3v) is 5.10. The lowest BCUT2D eigenvalue weighted by atomic mass is 9.95. The van der Waals surface area contributed by atoms with Crippen LogP contribution in [-0.2, 0) is 16.1 Å². The maximum atomic E-state index is 12.7. The number of nitrogens with zero attached hydrogens (tertiary/aromatic N) is 1. The predicted molar refractivity (Wildman–Crippen MR) is 88.6 cm³/mol. The minimum Gasteiger partial charge on any atom is -0.342 e. The van der Waals surface area contributed by atoms with Gasteiger partial charge in [0.05, 0.1) is 0 Å². The molecule has 23 heavy (non-hydrogen) atoms. The molecular formula is C18H25N3O2. The molecule has 3 rings (SSSR count). The molecule has 2 N–H and O–H groups in total. The molecule has 5 nitrogen and oxygen atoms in total. The van der Waals surface area contributed by atoms with Gasteiger partial charge in [-0.25, -0.2) is 0 Å². The number of benzene rings is 1. The molecule has 0 aromatic heterocycles. The molecule has 0 unspecified atom stereocenters. The Morgan fingerprint density at radius 2 is 2.04 bits per heavy atom. The summed E-state index contributed by atoms with van der Waals surface area (Å²) in [6.07, 6.45) is 1.57. The Hall–Kier alpha value is -1.88. The van der Waals surface area contributed by atoms with Crippen LogP contribution in [0.4, 0.5) is 0 Å². The summed E-state index contributed by atoms with van der Waals surface area (Å²) >= 11 is 0. The Morgan fingerprint density at radius 1 is 1.30 bits per heavy atom. The van der Waals surface area contributed by atoms with E-state index in [-0.39, 0.29) is 35.9 Å². The first-order valence-corrected chi connectivity index (χ1v) is 8.48. The standard InChI is InChI=1S/C18H25N3O2/c1-3-12(2)16-18(23)21-11-14(9-15(21)17(22)20-16)19-10-13-7-5-4-6-8-13/h4-8,12,14-16,19H,3,9-11H2,1-2H3,(H,20,22)/t12-,14-,15-,16-/m0/s1. The Labute approximate surface area is 137 Å². The number of nitrogens with one attached hydrogen (secondary N) is 2. The molecule has 124 valence electrons. The van der Waals surface area contributed by atoms with Gasteiger partial charge in [-0.15, -0.1) is 0 Å². The van der Waals surface area contributed by atoms with E-state index in [9.17, 15) is 9.59 Å².